The Labute approximate surface area is 114 Å². The van der Waals surface area contributed by atoms with E-state index in [1.165, 1.54) is 19.4 Å². The first kappa shape index (κ1) is 13.2. The summed E-state index contributed by atoms with van der Waals surface area (Å²) in [4.78, 5) is 4.52. The third-order valence-electron chi connectivity index (χ3n) is 3.67. The smallest absolute Gasteiger partial charge is 0.103 e. The zero-order valence-electron chi connectivity index (χ0n) is 10.9. The van der Waals surface area contributed by atoms with Gasteiger partial charge in [-0.3, -0.25) is 0 Å². The summed E-state index contributed by atoms with van der Waals surface area (Å²) in [5.41, 5.74) is 1.49. The van der Waals surface area contributed by atoms with Gasteiger partial charge in [-0.25, -0.2) is 0 Å². The molecule has 0 aliphatic carbocycles. The summed E-state index contributed by atoms with van der Waals surface area (Å²) in [5, 5.41) is 9.72. The van der Waals surface area contributed by atoms with Crippen molar-refractivity contribution < 1.29 is 0 Å². The van der Waals surface area contributed by atoms with E-state index in [2.05, 4.69) is 22.9 Å². The standard InChI is InChI=1S/C14H18ClN3/c1-17-8-4-5-11(17)10-18(2)14-7-3-6-13(15)12(14)9-16/h3,6-7,11H,4-5,8,10H2,1-2H3. The minimum absolute atomic E-state index is 0.529. The number of hydrogen-bond donors (Lipinski definition) is 0. The molecule has 0 bridgehead atoms. The Kier molecular flexibility index (Phi) is 4.11. The van der Waals surface area contributed by atoms with E-state index in [0.29, 0.717) is 16.6 Å². The molecule has 2 rings (SSSR count). The quantitative estimate of drug-likeness (QED) is 0.840. The molecule has 0 radical (unpaired) electrons. The maximum atomic E-state index is 9.19. The second-order valence-corrected chi connectivity index (χ2v) is 5.31. The molecule has 0 saturated carbocycles. The number of nitriles is 1. The number of hydrogen-bond acceptors (Lipinski definition) is 3. The SMILES string of the molecule is CN(CC1CCCN1C)c1cccc(Cl)c1C#N. The predicted octanol–water partition coefficient (Wildman–Crippen LogP) is 2.74. The van der Waals surface area contributed by atoms with Crippen LogP contribution in [-0.2, 0) is 0 Å². The van der Waals surface area contributed by atoms with Crippen molar-refractivity contribution in [1.29, 1.82) is 5.26 Å². The molecule has 1 aliphatic rings. The Hall–Kier alpha value is -1.24. The first-order valence-corrected chi connectivity index (χ1v) is 6.61. The van der Waals surface area contributed by atoms with Crippen LogP contribution in [0.25, 0.3) is 0 Å². The van der Waals surface area contributed by atoms with E-state index in [-0.39, 0.29) is 0 Å². The topological polar surface area (TPSA) is 30.3 Å². The number of anilines is 1. The van der Waals surface area contributed by atoms with Crippen molar-refractivity contribution in [3.8, 4) is 6.07 Å². The van der Waals surface area contributed by atoms with E-state index >= 15 is 0 Å². The molecule has 1 atom stereocenters. The largest absolute Gasteiger partial charge is 0.372 e. The highest BCUT2D eigenvalue weighted by molar-refractivity contribution is 6.32. The molecule has 1 fully saturated rings. The molecule has 0 spiro atoms. The Bertz CT molecular complexity index is 467. The average molecular weight is 264 g/mol. The minimum atomic E-state index is 0.529. The number of likely N-dealkylation sites (N-methyl/N-ethyl adjacent to an activating group) is 2. The molecule has 1 aromatic carbocycles. The fourth-order valence-electron chi connectivity index (χ4n) is 2.57. The highest BCUT2D eigenvalue weighted by Crippen LogP contribution is 2.27. The lowest BCUT2D eigenvalue weighted by Gasteiger charge is -2.28. The van der Waals surface area contributed by atoms with Crippen LogP contribution in [0.3, 0.4) is 0 Å². The van der Waals surface area contributed by atoms with Gasteiger partial charge in [0.05, 0.1) is 16.3 Å². The van der Waals surface area contributed by atoms with E-state index < -0.39 is 0 Å². The molecular formula is C14H18ClN3. The second kappa shape index (κ2) is 5.60. The van der Waals surface area contributed by atoms with Crippen LogP contribution in [0.15, 0.2) is 18.2 Å². The molecular weight excluding hydrogens is 246 g/mol. The van der Waals surface area contributed by atoms with E-state index in [4.69, 9.17) is 11.6 Å². The van der Waals surface area contributed by atoms with Gasteiger partial charge in [0, 0.05) is 19.6 Å². The fraction of sp³-hybridized carbons (Fsp3) is 0.500. The van der Waals surface area contributed by atoms with E-state index in [1.54, 1.807) is 6.07 Å². The number of benzene rings is 1. The van der Waals surface area contributed by atoms with Crippen molar-refractivity contribution >= 4 is 17.3 Å². The average Bonchev–Trinajstić information content (AvgIpc) is 2.74. The van der Waals surface area contributed by atoms with Crippen LogP contribution in [0.4, 0.5) is 5.69 Å². The Morgan fingerprint density at radius 3 is 2.94 bits per heavy atom. The molecule has 18 heavy (non-hydrogen) atoms. The molecule has 4 heteroatoms. The Morgan fingerprint density at radius 1 is 1.56 bits per heavy atom. The number of rotatable bonds is 3. The highest BCUT2D eigenvalue weighted by atomic mass is 35.5. The summed E-state index contributed by atoms with van der Waals surface area (Å²) in [6.07, 6.45) is 2.49. The molecule has 1 aromatic rings. The lowest BCUT2D eigenvalue weighted by molar-refractivity contribution is 0.314. The fourth-order valence-corrected chi connectivity index (χ4v) is 2.78. The van der Waals surface area contributed by atoms with Crippen molar-refractivity contribution in [1.82, 2.24) is 4.90 Å². The second-order valence-electron chi connectivity index (χ2n) is 4.90. The van der Waals surface area contributed by atoms with Gasteiger partial charge in [0.25, 0.3) is 0 Å². The van der Waals surface area contributed by atoms with Crippen molar-refractivity contribution in [2.24, 2.45) is 0 Å². The van der Waals surface area contributed by atoms with E-state index in [9.17, 15) is 5.26 Å². The van der Waals surface area contributed by atoms with Gasteiger partial charge in [-0.1, -0.05) is 17.7 Å². The Morgan fingerprint density at radius 2 is 2.33 bits per heavy atom. The van der Waals surface area contributed by atoms with Crippen LogP contribution in [0.2, 0.25) is 5.02 Å². The van der Waals surface area contributed by atoms with E-state index in [0.717, 1.165) is 12.2 Å². The Balaban J connectivity index is 2.16. The van der Waals surface area contributed by atoms with Gasteiger partial charge in [-0.15, -0.1) is 0 Å². The van der Waals surface area contributed by atoms with Crippen molar-refractivity contribution in [2.45, 2.75) is 18.9 Å². The zero-order chi connectivity index (χ0) is 13.1. The summed E-state index contributed by atoms with van der Waals surface area (Å²) >= 11 is 6.06. The maximum Gasteiger partial charge on any atom is 0.103 e. The summed E-state index contributed by atoms with van der Waals surface area (Å²) in [6.45, 7) is 2.10. The van der Waals surface area contributed by atoms with Crippen LogP contribution < -0.4 is 4.90 Å². The number of likely N-dealkylation sites (tertiary alicyclic amines) is 1. The summed E-state index contributed by atoms with van der Waals surface area (Å²) < 4.78 is 0. The monoisotopic (exact) mass is 263 g/mol. The third-order valence-corrected chi connectivity index (χ3v) is 3.99. The van der Waals surface area contributed by atoms with Gasteiger partial charge in [0.1, 0.15) is 6.07 Å². The lowest BCUT2D eigenvalue weighted by Crippen LogP contribution is -2.36. The van der Waals surface area contributed by atoms with Crippen LogP contribution in [0.5, 0.6) is 0 Å². The van der Waals surface area contributed by atoms with Crippen LogP contribution in [0, 0.1) is 11.3 Å². The number of nitrogens with zero attached hydrogens (tertiary/aromatic N) is 3. The summed E-state index contributed by atoms with van der Waals surface area (Å²) in [7, 11) is 4.19. The predicted molar refractivity (Wildman–Crippen MR) is 75.1 cm³/mol. The molecule has 0 aromatic heterocycles. The van der Waals surface area contributed by atoms with Crippen LogP contribution >= 0.6 is 11.6 Å². The van der Waals surface area contributed by atoms with Gasteiger partial charge in [-0.2, -0.15) is 5.26 Å². The van der Waals surface area contributed by atoms with Gasteiger partial charge < -0.3 is 9.80 Å². The van der Waals surface area contributed by atoms with Gasteiger partial charge >= 0.3 is 0 Å². The first-order valence-electron chi connectivity index (χ1n) is 6.23. The maximum absolute atomic E-state index is 9.19. The van der Waals surface area contributed by atoms with Gasteiger partial charge in [0.2, 0.25) is 0 Å². The van der Waals surface area contributed by atoms with Gasteiger partial charge in [0.15, 0.2) is 0 Å². The molecule has 1 unspecified atom stereocenters. The molecule has 96 valence electrons. The van der Waals surface area contributed by atoms with E-state index in [1.807, 2.05) is 19.2 Å². The highest BCUT2D eigenvalue weighted by Gasteiger charge is 2.23. The van der Waals surface area contributed by atoms with Crippen LogP contribution in [-0.4, -0.2) is 38.1 Å². The summed E-state index contributed by atoms with van der Waals surface area (Å²) in [5.74, 6) is 0. The normalized spacial score (nSPS) is 19.8. The van der Waals surface area contributed by atoms with Crippen molar-refractivity contribution in [3.05, 3.63) is 28.8 Å². The lowest BCUT2D eigenvalue weighted by atomic mass is 10.1. The molecule has 0 N–H and O–H groups in total. The van der Waals surface area contributed by atoms with Crippen molar-refractivity contribution in [3.63, 3.8) is 0 Å². The molecule has 3 nitrogen and oxygen atoms in total. The van der Waals surface area contributed by atoms with Crippen LogP contribution in [0.1, 0.15) is 18.4 Å². The molecule has 1 saturated heterocycles. The molecule has 0 amide bonds. The van der Waals surface area contributed by atoms with Crippen molar-refractivity contribution in [2.75, 3.05) is 32.1 Å². The third kappa shape index (κ3) is 2.60. The zero-order valence-corrected chi connectivity index (χ0v) is 11.6. The number of halogens is 1. The first-order chi connectivity index (χ1) is 8.63. The summed E-state index contributed by atoms with van der Waals surface area (Å²) in [6, 6.07) is 8.38. The molecule has 1 aliphatic heterocycles. The minimum Gasteiger partial charge on any atom is -0.372 e. The van der Waals surface area contributed by atoms with Gasteiger partial charge in [-0.05, 0) is 38.6 Å². The molecule has 1 heterocycles.